The van der Waals surface area contributed by atoms with E-state index >= 15 is 0 Å². The van der Waals surface area contributed by atoms with E-state index in [1.165, 1.54) is 0 Å². The van der Waals surface area contributed by atoms with E-state index in [2.05, 4.69) is 0 Å². The number of hydrogen-bond donors (Lipinski definition) is 1. The van der Waals surface area contributed by atoms with Gasteiger partial charge < -0.3 is 20.1 Å². The minimum absolute atomic E-state index is 0.178. The van der Waals surface area contributed by atoms with Gasteiger partial charge in [0.15, 0.2) is 5.41 Å². The number of amides is 3. The van der Waals surface area contributed by atoms with E-state index in [1.807, 2.05) is 0 Å². The number of carbonyl (C=O) groups is 6. The lowest BCUT2D eigenvalue weighted by Crippen LogP contribution is -2.48. The summed E-state index contributed by atoms with van der Waals surface area (Å²) in [6.45, 7) is 3.24. The molecule has 1 saturated heterocycles. The lowest BCUT2D eigenvalue weighted by atomic mass is 9.70. The van der Waals surface area contributed by atoms with Crippen molar-refractivity contribution in [2.75, 3.05) is 0 Å². The molecule has 5 atom stereocenters. The first-order valence-corrected chi connectivity index (χ1v) is 8.87. The number of aldehydes is 1. The topological polar surface area (TPSA) is 150 Å². The molecule has 150 valence electrons. The van der Waals surface area contributed by atoms with Crippen molar-refractivity contribution in [3.63, 3.8) is 0 Å². The zero-order valence-corrected chi connectivity index (χ0v) is 15.3. The number of esters is 1. The second-order valence-corrected chi connectivity index (χ2v) is 7.44. The number of imide groups is 1. The Labute approximate surface area is 159 Å². The largest absolute Gasteiger partial charge is 0.462 e. The number of carbonyl (C=O) groups excluding carboxylic acids is 6. The van der Waals surface area contributed by atoms with Gasteiger partial charge in [-0.25, -0.2) is 4.79 Å². The van der Waals surface area contributed by atoms with E-state index in [-0.39, 0.29) is 17.3 Å². The van der Waals surface area contributed by atoms with Crippen molar-refractivity contribution in [3.05, 3.63) is 12.2 Å². The van der Waals surface area contributed by atoms with Crippen LogP contribution in [0, 0.1) is 29.1 Å². The normalized spacial score (nSPS) is 31.1. The van der Waals surface area contributed by atoms with Crippen molar-refractivity contribution in [2.45, 2.75) is 32.8 Å². The van der Waals surface area contributed by atoms with Crippen LogP contribution in [0.3, 0.4) is 0 Å². The van der Waals surface area contributed by atoms with Gasteiger partial charge >= 0.3 is 11.9 Å². The fourth-order valence-corrected chi connectivity index (χ4v) is 4.24. The van der Waals surface area contributed by atoms with Gasteiger partial charge in [-0.1, -0.05) is 12.2 Å². The van der Waals surface area contributed by atoms with E-state index in [0.717, 1.165) is 0 Å². The molecule has 0 aromatic rings. The minimum Gasteiger partial charge on any atom is -0.462 e. The molecular formula is C18H20N2O8. The van der Waals surface area contributed by atoms with Crippen molar-refractivity contribution >= 4 is 35.9 Å². The van der Waals surface area contributed by atoms with E-state index in [0.29, 0.717) is 6.42 Å². The van der Waals surface area contributed by atoms with Crippen molar-refractivity contribution < 1.29 is 38.3 Å². The molecule has 0 unspecified atom stereocenters. The van der Waals surface area contributed by atoms with Crippen LogP contribution in [0.1, 0.15) is 26.7 Å². The molecule has 2 N–H and O–H groups in total. The monoisotopic (exact) mass is 392 g/mol. The summed E-state index contributed by atoms with van der Waals surface area (Å²) in [4.78, 5) is 77.6. The molecule has 3 amide bonds. The summed E-state index contributed by atoms with van der Waals surface area (Å²) < 4.78 is 5.26. The van der Waals surface area contributed by atoms with E-state index in [9.17, 15) is 28.8 Å². The van der Waals surface area contributed by atoms with Crippen LogP contribution in [0.2, 0.25) is 0 Å². The lowest BCUT2D eigenvalue weighted by molar-refractivity contribution is -0.202. The molecule has 0 aromatic heterocycles. The maximum absolute atomic E-state index is 13.1. The highest BCUT2D eigenvalue weighted by Gasteiger charge is 2.75. The molecule has 0 spiro atoms. The van der Waals surface area contributed by atoms with Gasteiger partial charge in [-0.15, -0.1) is 5.06 Å². The first-order chi connectivity index (χ1) is 13.1. The predicted octanol–water partition coefficient (Wildman–Crippen LogP) is -0.736. The van der Waals surface area contributed by atoms with Crippen LogP contribution < -0.4 is 5.73 Å². The molecular weight excluding hydrogens is 372 g/mol. The number of nitrogens with two attached hydrogens (primary N) is 1. The zero-order valence-electron chi connectivity index (χ0n) is 15.3. The third-order valence-corrected chi connectivity index (χ3v) is 5.41. The number of ether oxygens (including phenoxy) is 1. The molecule has 10 heteroatoms. The second kappa shape index (κ2) is 6.84. The smallest absolute Gasteiger partial charge is 0.334 e. The fourth-order valence-electron chi connectivity index (χ4n) is 4.24. The van der Waals surface area contributed by atoms with Gasteiger partial charge in [0, 0.05) is 5.92 Å². The van der Waals surface area contributed by atoms with Crippen LogP contribution in [0.5, 0.6) is 0 Å². The first kappa shape index (κ1) is 19.7. The Morgan fingerprint density at radius 3 is 2.57 bits per heavy atom. The summed E-state index contributed by atoms with van der Waals surface area (Å²) >= 11 is 0. The molecule has 0 radical (unpaired) electrons. The Kier molecular flexibility index (Phi) is 4.82. The Balaban J connectivity index is 1.87. The second-order valence-electron chi connectivity index (χ2n) is 7.44. The molecule has 1 aliphatic heterocycles. The maximum atomic E-state index is 13.1. The van der Waals surface area contributed by atoms with Crippen LogP contribution in [0.25, 0.3) is 0 Å². The molecule has 28 heavy (non-hydrogen) atoms. The third-order valence-electron chi connectivity index (χ3n) is 5.41. The lowest BCUT2D eigenvalue weighted by Gasteiger charge is -2.30. The molecule has 2 bridgehead atoms. The summed E-state index contributed by atoms with van der Waals surface area (Å²) in [5, 5.41) is 0.267. The highest BCUT2D eigenvalue weighted by atomic mass is 16.7. The summed E-state index contributed by atoms with van der Waals surface area (Å²) in [5.74, 6) is -8.18. The molecule has 2 aliphatic carbocycles. The Bertz CT molecular complexity index is 803. The molecule has 0 aromatic carbocycles. The van der Waals surface area contributed by atoms with Gasteiger partial charge in [0.2, 0.25) is 5.91 Å². The molecule has 3 aliphatic rings. The van der Waals surface area contributed by atoms with Gasteiger partial charge in [-0.2, -0.15) is 0 Å². The van der Waals surface area contributed by atoms with E-state index < -0.39 is 65.4 Å². The van der Waals surface area contributed by atoms with Crippen LogP contribution >= 0.6 is 0 Å². The minimum atomic E-state index is -1.77. The highest BCUT2D eigenvalue weighted by molar-refractivity contribution is 6.18. The molecule has 1 heterocycles. The average molecular weight is 392 g/mol. The molecule has 3 rings (SSSR count). The first-order valence-electron chi connectivity index (χ1n) is 8.87. The number of rotatable bonds is 7. The fraction of sp³-hybridized carbons (Fsp3) is 0.556. The zero-order chi connectivity index (χ0) is 20.8. The van der Waals surface area contributed by atoms with Crippen LogP contribution in [0.4, 0.5) is 0 Å². The standard InChI is InChI=1S/C18H20N2O8/c1-8(2)27-17(26)18-11-4-3-9(5-11)13(18)15(24)20(16(18)25)28-12(22)6-10(7-21)14(19)23/h3-4,7-11,13H,5-6H2,1-2H3,(H2,19,23)/t9-,10+,11+,13+,18-/m1/s1. The summed E-state index contributed by atoms with van der Waals surface area (Å²) in [7, 11) is 0. The number of fused-ring (bicyclic) bond motifs is 5. The number of hydroxylamine groups is 2. The Morgan fingerprint density at radius 2 is 2.00 bits per heavy atom. The Morgan fingerprint density at radius 1 is 1.32 bits per heavy atom. The summed E-state index contributed by atoms with van der Waals surface area (Å²) in [6.07, 6.45) is 2.87. The van der Waals surface area contributed by atoms with Crippen LogP contribution in [-0.2, 0) is 38.3 Å². The van der Waals surface area contributed by atoms with Gasteiger partial charge in [0.05, 0.1) is 18.4 Å². The predicted molar refractivity (Wildman–Crippen MR) is 89.2 cm³/mol. The van der Waals surface area contributed by atoms with Gasteiger partial charge in [0.25, 0.3) is 11.8 Å². The van der Waals surface area contributed by atoms with Crippen molar-refractivity contribution in [2.24, 2.45) is 34.8 Å². The molecule has 2 fully saturated rings. The number of hydrogen-bond acceptors (Lipinski definition) is 8. The third kappa shape index (κ3) is 2.71. The summed E-state index contributed by atoms with van der Waals surface area (Å²) in [5.41, 5.74) is 3.22. The molecule has 1 saturated carbocycles. The van der Waals surface area contributed by atoms with E-state index in [4.69, 9.17) is 15.3 Å². The van der Waals surface area contributed by atoms with Gasteiger partial charge in [0.1, 0.15) is 12.2 Å². The van der Waals surface area contributed by atoms with Crippen molar-refractivity contribution in [1.82, 2.24) is 5.06 Å². The van der Waals surface area contributed by atoms with Gasteiger partial charge in [-0.05, 0) is 26.2 Å². The highest BCUT2D eigenvalue weighted by Crippen LogP contribution is 2.61. The maximum Gasteiger partial charge on any atom is 0.334 e. The average Bonchev–Trinajstić information content (AvgIpc) is 3.27. The van der Waals surface area contributed by atoms with Crippen molar-refractivity contribution in [1.29, 1.82) is 0 Å². The van der Waals surface area contributed by atoms with Crippen molar-refractivity contribution in [3.8, 4) is 0 Å². The number of allylic oxidation sites excluding steroid dienone is 2. The Hall–Kier alpha value is -3.04. The number of nitrogens with zero attached hydrogens (tertiary/aromatic N) is 1. The quantitative estimate of drug-likeness (QED) is 0.196. The van der Waals surface area contributed by atoms with E-state index in [1.54, 1.807) is 26.0 Å². The number of primary amides is 1. The summed E-state index contributed by atoms with van der Waals surface area (Å²) in [6, 6.07) is 0. The SMILES string of the molecule is CC(C)OC(=O)[C@@]12C(=O)N(OC(=O)C[C@@H](C=O)C(N)=O)C(=O)[C@@H]1[C@@H]1C=C[C@H]2C1. The van der Waals surface area contributed by atoms with Crippen LogP contribution in [0.15, 0.2) is 12.2 Å². The molecule has 10 nitrogen and oxygen atoms in total. The van der Waals surface area contributed by atoms with Gasteiger partial charge in [-0.3, -0.25) is 19.2 Å². The van der Waals surface area contributed by atoms with Crippen LogP contribution in [-0.4, -0.2) is 47.1 Å².